The van der Waals surface area contributed by atoms with Crippen molar-refractivity contribution in [2.45, 2.75) is 20.4 Å². The Morgan fingerprint density at radius 2 is 1.85 bits per heavy atom. The zero-order valence-corrected chi connectivity index (χ0v) is 8.43. The summed E-state index contributed by atoms with van der Waals surface area (Å²) in [6.45, 7) is 7.06. The molecule has 0 bridgehead atoms. The van der Waals surface area contributed by atoms with Crippen LogP contribution in [0.5, 0.6) is 0 Å². The van der Waals surface area contributed by atoms with Crippen molar-refractivity contribution >= 4 is 5.69 Å². The molecule has 1 aliphatic rings. The number of hydrogen-bond acceptors (Lipinski definition) is 2. The molecule has 0 aromatic heterocycles. The SMILES string of the molecule is CC.c1ccc2c(c1)CNCCN2. The van der Waals surface area contributed by atoms with Gasteiger partial charge in [-0.1, -0.05) is 32.0 Å². The van der Waals surface area contributed by atoms with E-state index in [0.29, 0.717) is 0 Å². The maximum Gasteiger partial charge on any atom is 0.0386 e. The van der Waals surface area contributed by atoms with Gasteiger partial charge in [0.15, 0.2) is 0 Å². The molecule has 2 rings (SSSR count). The summed E-state index contributed by atoms with van der Waals surface area (Å²) in [5, 5.41) is 6.70. The lowest BCUT2D eigenvalue weighted by molar-refractivity contribution is 0.725. The van der Waals surface area contributed by atoms with Gasteiger partial charge in [-0.25, -0.2) is 0 Å². The van der Waals surface area contributed by atoms with Crippen LogP contribution >= 0.6 is 0 Å². The van der Waals surface area contributed by atoms with E-state index in [1.165, 1.54) is 11.3 Å². The van der Waals surface area contributed by atoms with Crippen molar-refractivity contribution in [2.75, 3.05) is 18.4 Å². The number of anilines is 1. The second-order valence-electron chi connectivity index (χ2n) is 2.76. The number of rotatable bonds is 0. The van der Waals surface area contributed by atoms with Gasteiger partial charge in [0.05, 0.1) is 0 Å². The van der Waals surface area contributed by atoms with Gasteiger partial charge >= 0.3 is 0 Å². The van der Waals surface area contributed by atoms with Crippen LogP contribution in [-0.4, -0.2) is 13.1 Å². The molecule has 0 amide bonds. The van der Waals surface area contributed by atoms with Crippen molar-refractivity contribution in [2.24, 2.45) is 0 Å². The second-order valence-corrected chi connectivity index (χ2v) is 2.76. The predicted molar refractivity (Wildman–Crippen MR) is 58.0 cm³/mol. The maximum absolute atomic E-state index is 3.36. The molecule has 0 radical (unpaired) electrons. The molecule has 0 aliphatic carbocycles. The van der Waals surface area contributed by atoms with Gasteiger partial charge in [-0.3, -0.25) is 0 Å². The third-order valence-corrected chi connectivity index (χ3v) is 1.95. The molecule has 1 heterocycles. The average molecular weight is 178 g/mol. The molecule has 13 heavy (non-hydrogen) atoms. The van der Waals surface area contributed by atoms with Crippen LogP contribution < -0.4 is 10.6 Å². The van der Waals surface area contributed by atoms with Crippen molar-refractivity contribution < 1.29 is 0 Å². The molecule has 1 aromatic rings. The van der Waals surface area contributed by atoms with E-state index in [9.17, 15) is 0 Å². The first-order chi connectivity index (χ1) is 6.47. The van der Waals surface area contributed by atoms with E-state index in [2.05, 4.69) is 34.9 Å². The molecule has 0 fully saturated rings. The second kappa shape index (κ2) is 5.60. The highest BCUT2D eigenvalue weighted by Crippen LogP contribution is 2.15. The highest BCUT2D eigenvalue weighted by atomic mass is 15.0. The number of fused-ring (bicyclic) bond motifs is 1. The Morgan fingerprint density at radius 3 is 2.69 bits per heavy atom. The van der Waals surface area contributed by atoms with Crippen molar-refractivity contribution in [3.05, 3.63) is 29.8 Å². The first kappa shape index (κ1) is 10.1. The van der Waals surface area contributed by atoms with Crippen LogP contribution in [0.2, 0.25) is 0 Å². The molecule has 0 unspecified atom stereocenters. The standard InChI is InChI=1S/C9H12N2.C2H6/c1-2-4-9-8(3-1)7-10-5-6-11-9;1-2/h1-4,10-11H,5-7H2;1-2H3. The van der Waals surface area contributed by atoms with Crippen LogP contribution in [0.3, 0.4) is 0 Å². The van der Waals surface area contributed by atoms with Crippen LogP contribution in [0.1, 0.15) is 19.4 Å². The first-order valence-corrected chi connectivity index (χ1v) is 4.99. The van der Waals surface area contributed by atoms with Gasteiger partial charge < -0.3 is 10.6 Å². The Balaban J connectivity index is 0.000000396. The summed E-state index contributed by atoms with van der Waals surface area (Å²) in [6.07, 6.45) is 0. The largest absolute Gasteiger partial charge is 0.384 e. The van der Waals surface area contributed by atoms with E-state index in [0.717, 1.165) is 19.6 Å². The van der Waals surface area contributed by atoms with Crippen LogP contribution in [0.15, 0.2) is 24.3 Å². The summed E-state index contributed by atoms with van der Waals surface area (Å²) in [6, 6.07) is 8.42. The minimum Gasteiger partial charge on any atom is -0.384 e. The smallest absolute Gasteiger partial charge is 0.0386 e. The zero-order valence-electron chi connectivity index (χ0n) is 8.43. The van der Waals surface area contributed by atoms with E-state index in [1.807, 2.05) is 13.8 Å². The highest BCUT2D eigenvalue weighted by Gasteiger charge is 2.03. The lowest BCUT2D eigenvalue weighted by Gasteiger charge is -2.04. The lowest BCUT2D eigenvalue weighted by Crippen LogP contribution is -2.16. The highest BCUT2D eigenvalue weighted by molar-refractivity contribution is 5.51. The van der Waals surface area contributed by atoms with E-state index in [1.54, 1.807) is 0 Å². The summed E-state index contributed by atoms with van der Waals surface area (Å²) < 4.78 is 0. The summed E-state index contributed by atoms with van der Waals surface area (Å²) in [7, 11) is 0. The molecular formula is C11H18N2. The van der Waals surface area contributed by atoms with Crippen LogP contribution in [0.4, 0.5) is 5.69 Å². The lowest BCUT2D eigenvalue weighted by atomic mass is 10.2. The molecule has 2 heteroatoms. The van der Waals surface area contributed by atoms with Crippen molar-refractivity contribution in [3.63, 3.8) is 0 Å². The van der Waals surface area contributed by atoms with Crippen molar-refractivity contribution in [3.8, 4) is 0 Å². The first-order valence-electron chi connectivity index (χ1n) is 4.99. The van der Waals surface area contributed by atoms with Gasteiger partial charge in [0.1, 0.15) is 0 Å². The Hall–Kier alpha value is -1.02. The Morgan fingerprint density at radius 1 is 1.08 bits per heavy atom. The quantitative estimate of drug-likeness (QED) is 0.636. The van der Waals surface area contributed by atoms with Crippen molar-refractivity contribution in [1.29, 1.82) is 0 Å². The summed E-state index contributed by atoms with van der Waals surface area (Å²) in [4.78, 5) is 0. The molecular weight excluding hydrogens is 160 g/mol. The van der Waals surface area contributed by atoms with Gasteiger partial charge in [0, 0.05) is 25.3 Å². The third kappa shape index (κ3) is 2.74. The fraction of sp³-hybridized carbons (Fsp3) is 0.455. The minimum atomic E-state index is 0.989. The molecule has 0 saturated heterocycles. The monoisotopic (exact) mass is 178 g/mol. The Bertz CT molecular complexity index is 221. The van der Waals surface area contributed by atoms with Crippen LogP contribution in [0.25, 0.3) is 0 Å². The fourth-order valence-electron chi connectivity index (χ4n) is 1.36. The molecule has 2 N–H and O–H groups in total. The van der Waals surface area contributed by atoms with E-state index < -0.39 is 0 Å². The fourth-order valence-corrected chi connectivity index (χ4v) is 1.36. The molecule has 1 aliphatic heterocycles. The summed E-state index contributed by atoms with van der Waals surface area (Å²) in [5.74, 6) is 0. The Labute approximate surface area is 80.4 Å². The van der Waals surface area contributed by atoms with Gasteiger partial charge in [0.25, 0.3) is 0 Å². The zero-order chi connectivity index (χ0) is 9.52. The molecule has 0 saturated carbocycles. The van der Waals surface area contributed by atoms with Crippen molar-refractivity contribution in [1.82, 2.24) is 5.32 Å². The number of hydrogen-bond donors (Lipinski definition) is 2. The van der Waals surface area contributed by atoms with E-state index >= 15 is 0 Å². The van der Waals surface area contributed by atoms with Crippen LogP contribution in [0, 0.1) is 0 Å². The van der Waals surface area contributed by atoms with Gasteiger partial charge in [-0.05, 0) is 11.6 Å². The van der Waals surface area contributed by atoms with Gasteiger partial charge in [-0.15, -0.1) is 0 Å². The van der Waals surface area contributed by atoms with E-state index in [4.69, 9.17) is 0 Å². The van der Waals surface area contributed by atoms with E-state index in [-0.39, 0.29) is 0 Å². The molecule has 1 aromatic carbocycles. The maximum atomic E-state index is 3.36. The molecule has 0 atom stereocenters. The summed E-state index contributed by atoms with van der Waals surface area (Å²) in [5.41, 5.74) is 2.64. The number of benzene rings is 1. The number of nitrogens with one attached hydrogen (secondary N) is 2. The minimum absolute atomic E-state index is 0.989. The van der Waals surface area contributed by atoms with Crippen LogP contribution in [-0.2, 0) is 6.54 Å². The molecule has 2 nitrogen and oxygen atoms in total. The summed E-state index contributed by atoms with van der Waals surface area (Å²) >= 11 is 0. The number of para-hydroxylation sites is 1. The Kier molecular flexibility index (Phi) is 4.33. The van der Waals surface area contributed by atoms with Gasteiger partial charge in [-0.2, -0.15) is 0 Å². The molecule has 0 spiro atoms. The topological polar surface area (TPSA) is 24.1 Å². The normalized spacial score (nSPS) is 14.3. The predicted octanol–water partition coefficient (Wildman–Crippen LogP) is 2.23. The van der Waals surface area contributed by atoms with Gasteiger partial charge in [0.2, 0.25) is 0 Å². The molecule has 72 valence electrons. The average Bonchev–Trinajstić information content (AvgIpc) is 2.45. The third-order valence-electron chi connectivity index (χ3n) is 1.95.